The molecular weight excluding hydrogens is 302 g/mol. The van der Waals surface area contributed by atoms with Gasteiger partial charge < -0.3 is 10.4 Å². The van der Waals surface area contributed by atoms with Gasteiger partial charge in [0.05, 0.1) is 0 Å². The van der Waals surface area contributed by atoms with Crippen molar-refractivity contribution in [3.05, 3.63) is 41.8 Å². The van der Waals surface area contributed by atoms with Crippen molar-refractivity contribution in [2.45, 2.75) is 18.4 Å². The van der Waals surface area contributed by atoms with E-state index < -0.39 is 5.60 Å². The molecule has 2 heterocycles. The second-order valence-electron chi connectivity index (χ2n) is 5.16. The van der Waals surface area contributed by atoms with E-state index in [0.29, 0.717) is 12.8 Å². The molecule has 21 heavy (non-hydrogen) atoms. The fourth-order valence-electron chi connectivity index (χ4n) is 2.38. The van der Waals surface area contributed by atoms with Crippen LogP contribution < -0.4 is 5.32 Å². The van der Waals surface area contributed by atoms with Crippen molar-refractivity contribution in [3.8, 4) is 10.4 Å². The molecule has 1 aromatic heterocycles. The zero-order valence-electron chi connectivity index (χ0n) is 11.5. The summed E-state index contributed by atoms with van der Waals surface area (Å²) in [6.07, 6.45) is 1.04. The summed E-state index contributed by atoms with van der Waals surface area (Å²) < 4.78 is 0. The van der Waals surface area contributed by atoms with Crippen molar-refractivity contribution in [2.75, 3.05) is 16.8 Å². The number of hydrogen-bond acceptors (Lipinski definition) is 4. The normalized spacial score (nSPS) is 17.4. The van der Waals surface area contributed by atoms with E-state index in [1.165, 1.54) is 4.88 Å². The molecule has 0 atom stereocenters. The molecule has 2 N–H and O–H groups in total. The molecule has 1 fully saturated rings. The minimum atomic E-state index is -1.22. The fraction of sp³-hybridized carbons (Fsp3) is 0.312. The Bertz CT molecular complexity index is 619. The molecule has 1 saturated heterocycles. The van der Waals surface area contributed by atoms with Crippen LogP contribution in [-0.2, 0) is 4.79 Å². The lowest BCUT2D eigenvalue weighted by atomic mass is 9.95. The minimum Gasteiger partial charge on any atom is -0.380 e. The monoisotopic (exact) mass is 319 g/mol. The maximum absolute atomic E-state index is 12.3. The van der Waals surface area contributed by atoms with Gasteiger partial charge in [-0.3, -0.25) is 4.79 Å². The Morgan fingerprint density at radius 1 is 1.19 bits per heavy atom. The first-order valence-electron chi connectivity index (χ1n) is 6.93. The number of hydrogen-bond donors (Lipinski definition) is 2. The van der Waals surface area contributed by atoms with Crippen molar-refractivity contribution in [1.82, 2.24) is 0 Å². The van der Waals surface area contributed by atoms with Crippen LogP contribution in [0.3, 0.4) is 0 Å². The fourth-order valence-corrected chi connectivity index (χ4v) is 4.27. The first kappa shape index (κ1) is 14.6. The average molecular weight is 319 g/mol. The van der Waals surface area contributed by atoms with Crippen molar-refractivity contribution in [1.29, 1.82) is 0 Å². The van der Waals surface area contributed by atoms with Gasteiger partial charge in [-0.05, 0) is 53.5 Å². The van der Waals surface area contributed by atoms with E-state index in [1.54, 1.807) is 23.1 Å². The van der Waals surface area contributed by atoms with Crippen LogP contribution in [0.2, 0.25) is 0 Å². The number of carbonyl (C=O) groups is 1. The molecule has 0 unspecified atom stereocenters. The number of anilines is 1. The van der Waals surface area contributed by atoms with E-state index in [4.69, 9.17) is 0 Å². The van der Waals surface area contributed by atoms with Crippen LogP contribution >= 0.6 is 23.1 Å². The standard InChI is InChI=1S/C16H17NO2S2/c18-15(16(19)6-9-20-10-7-16)17-13-4-1-3-12(11-13)14-5-2-8-21-14/h1-5,8,11,19H,6-7,9-10H2,(H,17,18). The molecule has 0 aliphatic carbocycles. The summed E-state index contributed by atoms with van der Waals surface area (Å²) in [4.78, 5) is 13.5. The SMILES string of the molecule is O=C(Nc1cccc(-c2cccs2)c1)C1(O)CCSCC1. The molecule has 3 rings (SSSR count). The number of thioether (sulfide) groups is 1. The lowest BCUT2D eigenvalue weighted by molar-refractivity contribution is -0.134. The zero-order valence-corrected chi connectivity index (χ0v) is 13.2. The molecule has 1 aliphatic heterocycles. The highest BCUT2D eigenvalue weighted by Gasteiger charge is 2.37. The molecule has 5 heteroatoms. The van der Waals surface area contributed by atoms with E-state index in [1.807, 2.05) is 35.7 Å². The predicted molar refractivity (Wildman–Crippen MR) is 89.9 cm³/mol. The lowest BCUT2D eigenvalue weighted by Gasteiger charge is -2.30. The summed E-state index contributed by atoms with van der Waals surface area (Å²) in [7, 11) is 0. The van der Waals surface area contributed by atoms with Crippen molar-refractivity contribution in [2.24, 2.45) is 0 Å². The van der Waals surface area contributed by atoms with E-state index in [9.17, 15) is 9.90 Å². The first-order chi connectivity index (χ1) is 10.2. The Balaban J connectivity index is 1.76. The van der Waals surface area contributed by atoms with Crippen molar-refractivity contribution in [3.63, 3.8) is 0 Å². The van der Waals surface area contributed by atoms with Gasteiger partial charge in [0.2, 0.25) is 0 Å². The molecule has 0 radical (unpaired) electrons. The maximum Gasteiger partial charge on any atom is 0.256 e. The second kappa shape index (κ2) is 6.22. The van der Waals surface area contributed by atoms with E-state index in [0.717, 1.165) is 22.8 Å². The van der Waals surface area contributed by atoms with Crippen LogP contribution in [-0.4, -0.2) is 28.1 Å². The number of aliphatic hydroxyl groups is 1. The van der Waals surface area contributed by atoms with Gasteiger partial charge in [-0.1, -0.05) is 18.2 Å². The number of benzene rings is 1. The van der Waals surface area contributed by atoms with Crippen LogP contribution in [0.4, 0.5) is 5.69 Å². The topological polar surface area (TPSA) is 49.3 Å². The molecule has 1 aliphatic rings. The summed E-state index contributed by atoms with van der Waals surface area (Å²) in [5.74, 6) is 1.38. The van der Waals surface area contributed by atoms with E-state index in [2.05, 4.69) is 11.4 Å². The average Bonchev–Trinajstić information content (AvgIpc) is 3.02. The van der Waals surface area contributed by atoms with Gasteiger partial charge in [0, 0.05) is 10.6 Å². The van der Waals surface area contributed by atoms with Crippen molar-refractivity contribution >= 4 is 34.7 Å². The third-order valence-electron chi connectivity index (χ3n) is 3.67. The Kier molecular flexibility index (Phi) is 4.33. The van der Waals surface area contributed by atoms with Gasteiger partial charge in [0.25, 0.3) is 5.91 Å². The maximum atomic E-state index is 12.3. The summed E-state index contributed by atoms with van der Waals surface area (Å²) in [5, 5.41) is 15.3. The number of thiophene rings is 1. The molecule has 1 amide bonds. The smallest absolute Gasteiger partial charge is 0.256 e. The van der Waals surface area contributed by atoms with Gasteiger partial charge in [-0.25, -0.2) is 0 Å². The quantitative estimate of drug-likeness (QED) is 0.908. The third-order valence-corrected chi connectivity index (χ3v) is 5.57. The van der Waals surface area contributed by atoms with Crippen LogP contribution in [0, 0.1) is 0 Å². The number of rotatable bonds is 3. The predicted octanol–water partition coefficient (Wildman–Crippen LogP) is 3.61. The summed E-state index contributed by atoms with van der Waals surface area (Å²) in [6.45, 7) is 0. The lowest BCUT2D eigenvalue weighted by Crippen LogP contribution is -2.45. The van der Waals surface area contributed by atoms with Gasteiger partial charge in [0.1, 0.15) is 5.60 Å². The van der Waals surface area contributed by atoms with Gasteiger partial charge >= 0.3 is 0 Å². The summed E-state index contributed by atoms with van der Waals surface area (Å²) in [5.41, 5.74) is 0.594. The second-order valence-corrected chi connectivity index (χ2v) is 7.33. The Morgan fingerprint density at radius 3 is 2.71 bits per heavy atom. The summed E-state index contributed by atoms with van der Waals surface area (Å²) in [6, 6.07) is 11.8. The minimum absolute atomic E-state index is 0.286. The highest BCUT2D eigenvalue weighted by Crippen LogP contribution is 2.30. The van der Waals surface area contributed by atoms with Crippen LogP contribution in [0.1, 0.15) is 12.8 Å². The number of amides is 1. The van der Waals surface area contributed by atoms with Gasteiger partial charge in [-0.15, -0.1) is 11.3 Å². The molecule has 1 aromatic carbocycles. The number of carbonyl (C=O) groups excluding carboxylic acids is 1. The Labute approximate surface area is 132 Å². The summed E-state index contributed by atoms with van der Waals surface area (Å²) >= 11 is 3.45. The highest BCUT2D eigenvalue weighted by atomic mass is 32.2. The van der Waals surface area contributed by atoms with E-state index in [-0.39, 0.29) is 5.91 Å². The molecule has 0 bridgehead atoms. The molecular formula is C16H17NO2S2. The zero-order chi connectivity index (χ0) is 14.7. The molecule has 110 valence electrons. The molecule has 2 aromatic rings. The molecule has 0 spiro atoms. The van der Waals surface area contributed by atoms with Crippen LogP contribution in [0.5, 0.6) is 0 Å². The van der Waals surface area contributed by atoms with Crippen LogP contribution in [0.15, 0.2) is 41.8 Å². The van der Waals surface area contributed by atoms with E-state index >= 15 is 0 Å². The third kappa shape index (κ3) is 3.31. The highest BCUT2D eigenvalue weighted by molar-refractivity contribution is 7.99. The van der Waals surface area contributed by atoms with Gasteiger partial charge in [-0.2, -0.15) is 11.8 Å². The van der Waals surface area contributed by atoms with Crippen LogP contribution in [0.25, 0.3) is 10.4 Å². The molecule has 3 nitrogen and oxygen atoms in total. The van der Waals surface area contributed by atoms with Gasteiger partial charge in [0.15, 0.2) is 0 Å². The molecule has 0 saturated carbocycles. The Hall–Kier alpha value is -1.30. The Morgan fingerprint density at radius 2 is 2.00 bits per heavy atom. The number of nitrogens with one attached hydrogen (secondary N) is 1. The largest absolute Gasteiger partial charge is 0.380 e. The first-order valence-corrected chi connectivity index (χ1v) is 8.96. The van der Waals surface area contributed by atoms with Crippen molar-refractivity contribution < 1.29 is 9.90 Å².